The van der Waals surface area contributed by atoms with Gasteiger partial charge in [-0.1, -0.05) is 24.3 Å². The van der Waals surface area contributed by atoms with Gasteiger partial charge in [0.1, 0.15) is 0 Å². The summed E-state index contributed by atoms with van der Waals surface area (Å²) in [7, 11) is 0. The number of carboxylic acids is 1. The number of hydrogen-bond acceptors (Lipinski definition) is 3. The highest BCUT2D eigenvalue weighted by atomic mass is 19.4. The molecule has 0 radical (unpaired) electrons. The fraction of sp³-hybridized carbons (Fsp3) is 0.0625. The Hall–Kier alpha value is -3.16. The summed E-state index contributed by atoms with van der Waals surface area (Å²) >= 11 is 0. The molecule has 1 aromatic heterocycles. The van der Waals surface area contributed by atoms with Gasteiger partial charge in [-0.2, -0.15) is 18.3 Å². The summed E-state index contributed by atoms with van der Waals surface area (Å²) in [5, 5.41) is 12.8. The largest absolute Gasteiger partial charge is 0.476 e. The first-order valence-corrected chi connectivity index (χ1v) is 6.72. The van der Waals surface area contributed by atoms with Gasteiger partial charge in [-0.05, 0) is 24.3 Å². The molecule has 122 valence electrons. The SMILES string of the molecule is O=C(O)c1nn(-c2ccccc2C(F)(F)F)c2ccccc2c1=O. The van der Waals surface area contributed by atoms with Crippen LogP contribution in [0, 0.1) is 0 Å². The molecule has 0 aliphatic rings. The topological polar surface area (TPSA) is 72.2 Å². The van der Waals surface area contributed by atoms with Gasteiger partial charge in [-0.15, -0.1) is 0 Å². The van der Waals surface area contributed by atoms with Crippen molar-refractivity contribution in [3.05, 3.63) is 70.0 Å². The maximum Gasteiger partial charge on any atom is 0.418 e. The molecule has 3 rings (SSSR count). The number of alkyl halides is 3. The molecule has 0 unspecified atom stereocenters. The first-order valence-electron chi connectivity index (χ1n) is 6.72. The highest BCUT2D eigenvalue weighted by molar-refractivity contribution is 5.91. The number of hydrogen-bond donors (Lipinski definition) is 1. The van der Waals surface area contributed by atoms with Gasteiger partial charge < -0.3 is 5.11 Å². The van der Waals surface area contributed by atoms with Crippen molar-refractivity contribution in [3.63, 3.8) is 0 Å². The molecule has 0 fully saturated rings. The zero-order valence-corrected chi connectivity index (χ0v) is 11.9. The summed E-state index contributed by atoms with van der Waals surface area (Å²) < 4.78 is 40.6. The predicted molar refractivity (Wildman–Crippen MR) is 79.3 cm³/mol. The van der Waals surface area contributed by atoms with Crippen molar-refractivity contribution in [3.8, 4) is 5.69 Å². The number of para-hydroxylation sites is 2. The van der Waals surface area contributed by atoms with Crippen molar-refractivity contribution >= 4 is 16.9 Å². The number of fused-ring (bicyclic) bond motifs is 1. The average molecular weight is 334 g/mol. The second-order valence-electron chi connectivity index (χ2n) is 4.93. The van der Waals surface area contributed by atoms with E-state index in [1.54, 1.807) is 0 Å². The number of rotatable bonds is 2. The number of carbonyl (C=O) groups is 1. The molecule has 3 aromatic rings. The van der Waals surface area contributed by atoms with E-state index >= 15 is 0 Å². The van der Waals surface area contributed by atoms with Crippen LogP contribution in [0.3, 0.4) is 0 Å². The Balaban J connectivity index is 2.47. The molecule has 0 aliphatic carbocycles. The van der Waals surface area contributed by atoms with Crippen LogP contribution in [-0.2, 0) is 6.18 Å². The molecule has 1 N–H and O–H groups in total. The minimum atomic E-state index is -4.66. The molecular weight excluding hydrogens is 325 g/mol. The summed E-state index contributed by atoms with van der Waals surface area (Å²) in [5.74, 6) is -1.61. The van der Waals surface area contributed by atoms with Gasteiger partial charge in [0.25, 0.3) is 0 Å². The summed E-state index contributed by atoms with van der Waals surface area (Å²) in [6.07, 6.45) is -4.66. The smallest absolute Gasteiger partial charge is 0.418 e. The van der Waals surface area contributed by atoms with Crippen molar-refractivity contribution in [1.29, 1.82) is 0 Å². The van der Waals surface area contributed by atoms with E-state index in [4.69, 9.17) is 5.11 Å². The minimum Gasteiger partial charge on any atom is -0.476 e. The van der Waals surface area contributed by atoms with E-state index in [9.17, 15) is 22.8 Å². The number of aromatic carboxylic acids is 1. The quantitative estimate of drug-likeness (QED) is 0.782. The second-order valence-corrected chi connectivity index (χ2v) is 4.93. The van der Waals surface area contributed by atoms with Crippen molar-refractivity contribution < 1.29 is 23.1 Å². The summed E-state index contributed by atoms with van der Waals surface area (Å²) in [6.45, 7) is 0. The molecule has 0 atom stereocenters. The Bertz CT molecular complexity index is 1010. The third kappa shape index (κ3) is 2.51. The molecule has 8 heteroatoms. The lowest BCUT2D eigenvalue weighted by atomic mass is 10.1. The average Bonchev–Trinajstić information content (AvgIpc) is 2.54. The van der Waals surface area contributed by atoms with Gasteiger partial charge in [-0.25, -0.2) is 9.48 Å². The van der Waals surface area contributed by atoms with E-state index < -0.39 is 28.8 Å². The molecule has 0 spiro atoms. The first kappa shape index (κ1) is 15.7. The fourth-order valence-electron chi connectivity index (χ4n) is 2.40. The summed E-state index contributed by atoms with van der Waals surface area (Å²) in [4.78, 5) is 23.4. The Morgan fingerprint density at radius 3 is 2.33 bits per heavy atom. The van der Waals surface area contributed by atoms with E-state index in [0.29, 0.717) is 0 Å². The predicted octanol–water partition coefficient (Wildman–Crippen LogP) is 3.10. The normalized spacial score (nSPS) is 11.6. The van der Waals surface area contributed by atoms with Gasteiger partial charge in [0.2, 0.25) is 11.1 Å². The molecular formula is C16H9F3N2O3. The van der Waals surface area contributed by atoms with E-state index in [1.807, 2.05) is 0 Å². The van der Waals surface area contributed by atoms with Crippen molar-refractivity contribution in [2.75, 3.05) is 0 Å². The van der Waals surface area contributed by atoms with Crippen LogP contribution in [-0.4, -0.2) is 20.9 Å². The van der Waals surface area contributed by atoms with Crippen LogP contribution in [0.25, 0.3) is 16.6 Å². The maximum atomic E-state index is 13.3. The van der Waals surface area contributed by atoms with Gasteiger partial charge in [0, 0.05) is 0 Å². The Kier molecular flexibility index (Phi) is 3.59. The van der Waals surface area contributed by atoms with Gasteiger partial charge in [-0.3, -0.25) is 4.79 Å². The van der Waals surface area contributed by atoms with Crippen LogP contribution in [0.15, 0.2) is 53.3 Å². The van der Waals surface area contributed by atoms with E-state index in [2.05, 4.69) is 5.10 Å². The lowest BCUT2D eigenvalue weighted by Crippen LogP contribution is -2.23. The van der Waals surface area contributed by atoms with Gasteiger partial charge in [0.15, 0.2) is 0 Å². The number of carboxylic acid groups (broad SMARTS) is 1. The summed E-state index contributed by atoms with van der Waals surface area (Å²) in [6, 6.07) is 10.4. The van der Waals surface area contributed by atoms with Crippen LogP contribution in [0.4, 0.5) is 13.2 Å². The molecule has 0 bridgehead atoms. The van der Waals surface area contributed by atoms with Crippen molar-refractivity contribution in [2.45, 2.75) is 6.18 Å². The monoisotopic (exact) mass is 334 g/mol. The first-order chi connectivity index (χ1) is 11.3. The third-order valence-corrected chi connectivity index (χ3v) is 3.43. The molecule has 0 saturated carbocycles. The lowest BCUT2D eigenvalue weighted by Gasteiger charge is -2.16. The van der Waals surface area contributed by atoms with Gasteiger partial charge >= 0.3 is 12.1 Å². The highest BCUT2D eigenvalue weighted by Gasteiger charge is 2.34. The van der Waals surface area contributed by atoms with Crippen LogP contribution in [0.2, 0.25) is 0 Å². The molecule has 24 heavy (non-hydrogen) atoms. The Morgan fingerprint density at radius 1 is 1.04 bits per heavy atom. The lowest BCUT2D eigenvalue weighted by molar-refractivity contribution is -0.137. The second kappa shape index (κ2) is 5.48. The van der Waals surface area contributed by atoms with Gasteiger partial charge in [0.05, 0.1) is 22.2 Å². The molecule has 5 nitrogen and oxygen atoms in total. The highest BCUT2D eigenvalue weighted by Crippen LogP contribution is 2.34. The zero-order valence-electron chi connectivity index (χ0n) is 11.9. The number of nitrogens with zero attached hydrogens (tertiary/aromatic N) is 2. The molecule has 1 heterocycles. The van der Waals surface area contributed by atoms with Crippen molar-refractivity contribution in [1.82, 2.24) is 9.78 Å². The Labute approximate surface area is 132 Å². The number of benzene rings is 2. The van der Waals surface area contributed by atoms with Crippen LogP contribution < -0.4 is 5.43 Å². The molecule has 2 aromatic carbocycles. The van der Waals surface area contributed by atoms with Crippen LogP contribution in [0.1, 0.15) is 16.1 Å². The van der Waals surface area contributed by atoms with Crippen LogP contribution >= 0.6 is 0 Å². The fourth-order valence-corrected chi connectivity index (χ4v) is 2.40. The zero-order chi connectivity index (χ0) is 17.5. The molecule has 0 aliphatic heterocycles. The third-order valence-electron chi connectivity index (χ3n) is 3.43. The molecule has 0 saturated heterocycles. The minimum absolute atomic E-state index is 0.0260. The maximum absolute atomic E-state index is 13.3. The molecule has 0 amide bonds. The van der Waals surface area contributed by atoms with Crippen molar-refractivity contribution in [2.24, 2.45) is 0 Å². The number of halogens is 3. The standard InChI is InChI=1S/C16H9F3N2O3/c17-16(18,19)10-6-2-4-8-12(10)21-11-7-3-1-5-9(11)14(22)13(20-21)15(23)24/h1-8H,(H,23,24). The number of aromatic nitrogens is 2. The van der Waals surface area contributed by atoms with E-state index in [1.165, 1.54) is 42.5 Å². The Morgan fingerprint density at radius 2 is 1.67 bits per heavy atom. The van der Waals surface area contributed by atoms with E-state index in [0.717, 1.165) is 10.7 Å². The summed E-state index contributed by atoms with van der Waals surface area (Å²) in [5.41, 5.74) is -2.94. The van der Waals surface area contributed by atoms with E-state index in [-0.39, 0.29) is 16.6 Å². The van der Waals surface area contributed by atoms with Crippen LogP contribution in [0.5, 0.6) is 0 Å².